The van der Waals surface area contributed by atoms with E-state index in [1.807, 2.05) is 0 Å². The van der Waals surface area contributed by atoms with E-state index >= 15 is 0 Å². The van der Waals surface area contributed by atoms with Gasteiger partial charge in [0.15, 0.2) is 0 Å². The van der Waals surface area contributed by atoms with Gasteiger partial charge in [0.05, 0.1) is 21.9 Å². The third kappa shape index (κ3) is 48.8. The number of anilines is 4. The van der Waals surface area contributed by atoms with E-state index in [1.54, 1.807) is 24.3 Å². The number of aliphatic hydroxyl groups is 3. The number of methoxy groups -OCH3 is 1. The topological polar surface area (TPSA) is 634 Å². The van der Waals surface area contributed by atoms with Crippen molar-refractivity contribution in [3.63, 3.8) is 0 Å². The fourth-order valence-corrected chi connectivity index (χ4v) is 5.68. The monoisotopic (exact) mass is 1460 g/mol. The lowest BCUT2D eigenvalue weighted by molar-refractivity contribution is -0.385. The van der Waals surface area contributed by atoms with Crippen LogP contribution in [0.5, 0.6) is 40.2 Å². The molecule has 0 aromatic heterocycles. The van der Waals surface area contributed by atoms with Crippen LogP contribution in [0.4, 0.5) is 59.0 Å². The minimum Gasteiger partial charge on any atom is -0.508 e. The Morgan fingerprint density at radius 1 is 0.388 bits per heavy atom. The first kappa shape index (κ1) is 98.1. The van der Waals surface area contributed by atoms with Gasteiger partial charge in [-0.25, -0.2) is 19.2 Å². The third-order valence-corrected chi connectivity index (χ3v) is 9.82. The number of alkyl carbamates (subject to hydrolysis) is 1. The summed E-state index contributed by atoms with van der Waals surface area (Å²) >= 11 is 0. The lowest BCUT2D eigenvalue weighted by atomic mass is 10.3. The van der Waals surface area contributed by atoms with Crippen molar-refractivity contribution in [2.45, 2.75) is 20.3 Å². The average Bonchev–Trinajstić information content (AvgIpc) is 0.898. The van der Waals surface area contributed by atoms with Gasteiger partial charge in [-0.1, -0.05) is 7.43 Å². The van der Waals surface area contributed by atoms with Gasteiger partial charge in [0, 0.05) is 87.5 Å². The van der Waals surface area contributed by atoms with E-state index in [1.165, 1.54) is 150 Å². The van der Waals surface area contributed by atoms with Gasteiger partial charge >= 0.3 is 42.3 Å². The SMILES string of the molecule is C.CN.CN.CN.CNC(=O)OCOC(=O)Nc1ccc(O)cc1.CO.CO.CO.COC(=O)OCOC(=O)Nc1ccc(O)cc1.Nc1ccc(O)cc1.O=C(CC(=O)Oc1ccc([N+](=O)[O-])cc1)Nc1ccc(O)cc1.O=C(CC(=O)Oc1ccc([N+](=O)[O-])cc1)Oc1ccc([N+](=O)[O-])cc1. The molecule has 0 aliphatic rings. The van der Waals surface area contributed by atoms with Crippen molar-refractivity contribution >= 4 is 88.1 Å². The van der Waals surface area contributed by atoms with Gasteiger partial charge in [-0.15, -0.1) is 0 Å². The maximum Gasteiger partial charge on any atom is 0.510 e. The molecular formula is C63H83N11O29. The number of amides is 4. The molecule has 0 fully saturated rings. The van der Waals surface area contributed by atoms with Crippen LogP contribution in [0, 0.1) is 30.3 Å². The average molecular weight is 1460 g/mol. The van der Waals surface area contributed by atoms with Crippen molar-refractivity contribution in [2.24, 2.45) is 17.2 Å². The summed E-state index contributed by atoms with van der Waals surface area (Å²) in [5.41, 5.74) is 20.3. The molecule has 0 spiro atoms. The molecule has 0 bridgehead atoms. The predicted molar refractivity (Wildman–Crippen MR) is 371 cm³/mol. The fraction of sp³-hybridized carbons (Fsp3) is 0.206. The molecule has 0 saturated carbocycles. The highest BCUT2D eigenvalue weighted by Crippen LogP contribution is 2.22. The molecule has 0 unspecified atom stereocenters. The Balaban J connectivity index is -0.000000383. The van der Waals surface area contributed by atoms with E-state index in [4.69, 9.17) is 55.7 Å². The highest BCUT2D eigenvalue weighted by Gasteiger charge is 2.17. The number of phenols is 4. The highest BCUT2D eigenvalue weighted by atomic mass is 16.8. The molecule has 7 aromatic rings. The van der Waals surface area contributed by atoms with Crippen molar-refractivity contribution in [3.05, 3.63) is 200 Å². The summed E-state index contributed by atoms with van der Waals surface area (Å²) in [6.45, 7) is -1.03. The van der Waals surface area contributed by atoms with Crippen molar-refractivity contribution in [1.82, 2.24) is 5.32 Å². The Hall–Kier alpha value is -13.5. The Kier molecular flexibility index (Phi) is 58.0. The molecule has 19 N–H and O–H groups in total. The Bertz CT molecular complexity index is 3380. The maximum absolute atomic E-state index is 11.7. The number of rotatable bonds is 17. The summed E-state index contributed by atoms with van der Waals surface area (Å²) in [5, 5.41) is 97.8. The molecular weight excluding hydrogens is 1370 g/mol. The molecule has 0 aliphatic heterocycles. The number of nitrogens with zero attached hydrogens (tertiary/aromatic N) is 3. The maximum atomic E-state index is 11.7. The standard InChI is InChI=1S/C15H10N2O8.C15H12N2O6.C10H12N2O5.C10H11NO6.C6H7NO.3CH5N.3CH4O.CH4/c18-14(24-12-5-1-10(2-6-12)16(20)21)9-15(19)25-13-7-3-11(4-8-13)17(22)23;18-12-5-1-10(2-6-12)16-14(19)9-15(20)23-13-7-3-11(4-8-13)17(21)22;1-11-9(14)16-6-17-10(15)12-7-2-4-8(13)5-3-7;1-15-10(14)17-6-16-9(13)11-7-2-4-8(12)5-3-7;7-5-1-3-6(8)4-2-5;6*1-2;/h1-8H,9H2;1-8,18H,9H2,(H,16,19);2-5,13H,6H2,1H3,(H,11,14)(H,12,15);2-5,12H,6H2,1H3,(H,11,13);1-4,8H,7H2;3*2H2,1H3;3*2H,1H3;1H4. The van der Waals surface area contributed by atoms with E-state index in [0.29, 0.717) is 22.7 Å². The molecule has 564 valence electrons. The number of ether oxygens (including phenoxy) is 8. The number of phenolic OH excluding ortho intramolecular Hbond substituents is 4. The smallest absolute Gasteiger partial charge is 0.508 e. The van der Waals surface area contributed by atoms with Gasteiger partial charge in [0.25, 0.3) is 17.1 Å². The lowest BCUT2D eigenvalue weighted by Gasteiger charge is -2.07. The summed E-state index contributed by atoms with van der Waals surface area (Å²) in [6, 6.07) is 38.2. The molecule has 0 atom stereocenters. The zero-order chi connectivity index (χ0) is 78.5. The second kappa shape index (κ2) is 60.8. The number of esters is 3. The van der Waals surface area contributed by atoms with Crippen LogP contribution in [0.2, 0.25) is 0 Å². The summed E-state index contributed by atoms with van der Waals surface area (Å²) in [4.78, 5) is 120. The zero-order valence-corrected chi connectivity index (χ0v) is 55.8. The lowest BCUT2D eigenvalue weighted by Crippen LogP contribution is -2.23. The van der Waals surface area contributed by atoms with E-state index in [-0.39, 0.29) is 64.7 Å². The fourth-order valence-electron chi connectivity index (χ4n) is 5.68. The normalized spacial score (nSPS) is 8.72. The number of nitrogen functional groups attached to an aromatic ring is 1. The third-order valence-electron chi connectivity index (χ3n) is 9.82. The van der Waals surface area contributed by atoms with Crippen LogP contribution in [0.1, 0.15) is 20.3 Å². The quantitative estimate of drug-likeness (QED) is 0.00516. The summed E-state index contributed by atoms with van der Waals surface area (Å²) in [5.74, 6) is -2.54. The van der Waals surface area contributed by atoms with Crippen LogP contribution in [0.15, 0.2) is 170 Å². The Morgan fingerprint density at radius 2 is 0.641 bits per heavy atom. The van der Waals surface area contributed by atoms with E-state index < -0.39 is 89.4 Å². The van der Waals surface area contributed by atoms with Crippen LogP contribution in [-0.4, -0.2) is 169 Å². The Labute approximate surface area is 588 Å². The minimum absolute atomic E-state index is 0. The second-order valence-electron chi connectivity index (χ2n) is 16.4. The summed E-state index contributed by atoms with van der Waals surface area (Å²) < 4.78 is 36.6. The molecule has 0 heterocycles. The molecule has 0 saturated heterocycles. The second-order valence-corrected chi connectivity index (χ2v) is 16.4. The number of carbonyl (C=O) groups is 8. The number of hydrogen-bond donors (Lipinski definition) is 15. The largest absolute Gasteiger partial charge is 0.510 e. The van der Waals surface area contributed by atoms with Crippen molar-refractivity contribution in [1.29, 1.82) is 0 Å². The molecule has 7 aromatic carbocycles. The number of benzene rings is 7. The number of nitrogens with one attached hydrogen (secondary N) is 4. The number of hydrogen-bond acceptors (Lipinski definition) is 33. The van der Waals surface area contributed by atoms with Crippen LogP contribution in [0.3, 0.4) is 0 Å². The van der Waals surface area contributed by atoms with Gasteiger partial charge in [-0.05, 0) is 155 Å². The molecule has 0 radical (unpaired) electrons. The molecule has 40 nitrogen and oxygen atoms in total. The van der Waals surface area contributed by atoms with Crippen LogP contribution < -0.4 is 58.4 Å². The van der Waals surface area contributed by atoms with Gasteiger partial charge in [-0.3, -0.25) is 60.2 Å². The highest BCUT2D eigenvalue weighted by molar-refractivity contribution is 6.02. The molecule has 103 heavy (non-hydrogen) atoms. The molecule has 7 rings (SSSR count). The van der Waals surface area contributed by atoms with Gasteiger partial charge < -0.3 is 107 Å². The first-order valence-electron chi connectivity index (χ1n) is 27.9. The zero-order valence-electron chi connectivity index (χ0n) is 55.8. The first-order chi connectivity index (χ1) is 48.8. The van der Waals surface area contributed by atoms with Gasteiger partial charge in [0.2, 0.25) is 19.5 Å². The number of nitrogens with two attached hydrogens (primary N) is 4. The van der Waals surface area contributed by atoms with Crippen LogP contribution in [-0.2, 0) is 42.9 Å². The van der Waals surface area contributed by atoms with Crippen molar-refractivity contribution in [2.75, 3.05) is 91.9 Å². The number of nitro groups is 3. The summed E-state index contributed by atoms with van der Waals surface area (Å²) in [7, 11) is 10.0. The summed E-state index contributed by atoms with van der Waals surface area (Å²) in [6.07, 6.45) is -4.41. The van der Waals surface area contributed by atoms with Crippen molar-refractivity contribution < 1.29 is 127 Å². The van der Waals surface area contributed by atoms with E-state index in [0.717, 1.165) is 52.7 Å². The van der Waals surface area contributed by atoms with Crippen molar-refractivity contribution in [3.8, 4) is 40.2 Å². The number of aromatic hydroxyl groups is 4. The predicted octanol–water partition coefficient (Wildman–Crippen LogP) is 6.73. The minimum atomic E-state index is -0.942. The number of non-ortho nitro benzene ring substituents is 3. The molecule has 4 amide bonds. The molecule has 0 aliphatic carbocycles. The number of nitro benzene ring substituents is 3. The van der Waals surface area contributed by atoms with Crippen LogP contribution >= 0.6 is 0 Å². The number of aliphatic hydroxyl groups excluding tert-OH is 3. The molecule has 40 heteroatoms. The van der Waals surface area contributed by atoms with E-state index in [2.05, 4.69) is 62.2 Å². The Morgan fingerprint density at radius 3 is 0.903 bits per heavy atom. The van der Waals surface area contributed by atoms with Gasteiger partial charge in [0.1, 0.15) is 53.1 Å². The first-order valence-corrected chi connectivity index (χ1v) is 27.9. The van der Waals surface area contributed by atoms with Gasteiger partial charge in [-0.2, -0.15) is 0 Å². The number of carbonyl (C=O) groups excluding carboxylic acids is 8. The van der Waals surface area contributed by atoms with E-state index in [9.17, 15) is 68.7 Å². The van der Waals surface area contributed by atoms with Crippen LogP contribution in [0.25, 0.3) is 0 Å².